The zero-order chi connectivity index (χ0) is 13.7. The van der Waals surface area contributed by atoms with E-state index in [1.807, 2.05) is 12.3 Å². The van der Waals surface area contributed by atoms with Crippen LogP contribution in [0.15, 0.2) is 28.5 Å². The van der Waals surface area contributed by atoms with Crippen LogP contribution in [0.4, 0.5) is 0 Å². The number of hydrogen-bond acceptors (Lipinski definition) is 3. The Morgan fingerprint density at radius 1 is 1.32 bits per heavy atom. The summed E-state index contributed by atoms with van der Waals surface area (Å²) in [5.41, 5.74) is 1.29. The Bertz CT molecular complexity index is 378. The molecule has 1 heterocycles. The number of hydrogen-bond donors (Lipinski definition) is 0. The number of aliphatic imine (C=N–C) groups is 1. The third kappa shape index (κ3) is 3.27. The number of allylic oxidation sites excluding steroid dienone is 1. The molecule has 0 amide bonds. The molecule has 0 spiro atoms. The summed E-state index contributed by atoms with van der Waals surface area (Å²) >= 11 is 0. The van der Waals surface area contributed by atoms with Gasteiger partial charge < -0.3 is 9.64 Å². The first kappa shape index (κ1) is 14.3. The van der Waals surface area contributed by atoms with E-state index in [2.05, 4.69) is 29.8 Å². The van der Waals surface area contributed by atoms with Crippen LogP contribution in [0, 0.1) is 0 Å². The molecule has 3 nitrogen and oxygen atoms in total. The molecule has 0 bridgehead atoms. The van der Waals surface area contributed by atoms with Crippen molar-refractivity contribution in [1.82, 2.24) is 4.90 Å². The van der Waals surface area contributed by atoms with Crippen molar-refractivity contribution in [3.63, 3.8) is 0 Å². The SMILES string of the molecule is CCCN(CCC)C1CC=C2C(OC)=CC=NC2C1. The molecule has 19 heavy (non-hydrogen) atoms. The number of methoxy groups -OCH3 is 1. The van der Waals surface area contributed by atoms with Crippen molar-refractivity contribution in [1.29, 1.82) is 0 Å². The molecular weight excluding hydrogens is 236 g/mol. The summed E-state index contributed by atoms with van der Waals surface area (Å²) in [5, 5.41) is 0. The second-order valence-corrected chi connectivity index (χ2v) is 5.37. The van der Waals surface area contributed by atoms with Gasteiger partial charge in [0.25, 0.3) is 0 Å². The number of ether oxygens (including phenoxy) is 1. The third-order valence-electron chi connectivity index (χ3n) is 4.00. The summed E-state index contributed by atoms with van der Waals surface area (Å²) in [4.78, 5) is 7.26. The molecular formula is C16H26N2O. The number of rotatable bonds is 6. The smallest absolute Gasteiger partial charge is 0.125 e. The molecule has 0 saturated carbocycles. The predicted molar refractivity (Wildman–Crippen MR) is 80.6 cm³/mol. The lowest BCUT2D eigenvalue weighted by Gasteiger charge is -2.37. The second-order valence-electron chi connectivity index (χ2n) is 5.37. The van der Waals surface area contributed by atoms with Gasteiger partial charge in [0.15, 0.2) is 0 Å². The van der Waals surface area contributed by atoms with Gasteiger partial charge in [-0.25, -0.2) is 0 Å². The maximum atomic E-state index is 5.44. The highest BCUT2D eigenvalue weighted by atomic mass is 16.5. The Hall–Kier alpha value is -1.09. The van der Waals surface area contributed by atoms with E-state index in [1.54, 1.807) is 7.11 Å². The Kier molecular flexibility index (Phi) is 5.20. The minimum absolute atomic E-state index is 0.301. The van der Waals surface area contributed by atoms with Crippen molar-refractivity contribution in [2.24, 2.45) is 4.99 Å². The highest BCUT2D eigenvalue weighted by Crippen LogP contribution is 2.31. The van der Waals surface area contributed by atoms with Crippen molar-refractivity contribution in [2.75, 3.05) is 20.2 Å². The summed E-state index contributed by atoms with van der Waals surface area (Å²) in [6.45, 7) is 6.92. The Morgan fingerprint density at radius 2 is 2.05 bits per heavy atom. The third-order valence-corrected chi connectivity index (χ3v) is 4.00. The second kappa shape index (κ2) is 6.90. The van der Waals surface area contributed by atoms with Gasteiger partial charge in [-0.15, -0.1) is 0 Å². The Labute approximate surface area is 117 Å². The van der Waals surface area contributed by atoms with E-state index < -0.39 is 0 Å². The summed E-state index contributed by atoms with van der Waals surface area (Å²) < 4.78 is 5.44. The molecule has 0 radical (unpaired) electrons. The summed E-state index contributed by atoms with van der Waals surface area (Å²) in [7, 11) is 1.75. The fraction of sp³-hybridized carbons (Fsp3) is 0.688. The monoisotopic (exact) mass is 262 g/mol. The molecule has 0 aromatic rings. The Morgan fingerprint density at radius 3 is 2.68 bits per heavy atom. The van der Waals surface area contributed by atoms with Crippen LogP contribution in [0.1, 0.15) is 39.5 Å². The van der Waals surface area contributed by atoms with Crippen molar-refractivity contribution in [2.45, 2.75) is 51.6 Å². The molecule has 0 saturated heterocycles. The predicted octanol–water partition coefficient (Wildman–Crippen LogP) is 3.18. The number of dihydropyridines is 1. The molecule has 0 aromatic carbocycles. The van der Waals surface area contributed by atoms with Gasteiger partial charge in [-0.2, -0.15) is 0 Å². The van der Waals surface area contributed by atoms with Gasteiger partial charge in [-0.05, 0) is 44.8 Å². The van der Waals surface area contributed by atoms with Gasteiger partial charge in [0.1, 0.15) is 5.76 Å². The van der Waals surface area contributed by atoms with Crippen molar-refractivity contribution < 1.29 is 4.74 Å². The van der Waals surface area contributed by atoms with Crippen LogP contribution in [-0.2, 0) is 4.74 Å². The average molecular weight is 262 g/mol. The first-order chi connectivity index (χ1) is 9.30. The van der Waals surface area contributed by atoms with Crippen LogP contribution in [0.2, 0.25) is 0 Å². The minimum atomic E-state index is 0.301. The molecule has 2 atom stereocenters. The molecule has 2 unspecified atom stereocenters. The van der Waals surface area contributed by atoms with Gasteiger partial charge in [-0.3, -0.25) is 4.99 Å². The molecule has 1 aliphatic heterocycles. The first-order valence-corrected chi connectivity index (χ1v) is 7.52. The van der Waals surface area contributed by atoms with Gasteiger partial charge in [0.2, 0.25) is 0 Å². The van der Waals surface area contributed by atoms with Crippen LogP contribution >= 0.6 is 0 Å². The molecule has 106 valence electrons. The van der Waals surface area contributed by atoms with E-state index in [0.29, 0.717) is 12.1 Å². The largest absolute Gasteiger partial charge is 0.496 e. The lowest BCUT2D eigenvalue weighted by atomic mass is 9.87. The van der Waals surface area contributed by atoms with E-state index in [0.717, 1.165) is 18.6 Å². The van der Waals surface area contributed by atoms with Gasteiger partial charge in [0, 0.05) is 17.8 Å². The normalized spacial score (nSPS) is 25.9. The number of nitrogens with zero attached hydrogens (tertiary/aromatic N) is 2. The molecule has 0 N–H and O–H groups in total. The standard InChI is InChI=1S/C16H26N2O/c1-4-10-18(11-5-2)13-6-7-14-15(12-13)17-9-8-16(14)19-3/h7-9,13,15H,4-6,10-12H2,1-3H3. The summed E-state index contributed by atoms with van der Waals surface area (Å²) in [6.07, 6.45) is 10.9. The fourth-order valence-corrected chi connectivity index (χ4v) is 3.13. The average Bonchev–Trinajstić information content (AvgIpc) is 2.45. The van der Waals surface area contributed by atoms with Crippen LogP contribution in [-0.4, -0.2) is 43.4 Å². The Balaban J connectivity index is 2.07. The van der Waals surface area contributed by atoms with Gasteiger partial charge >= 0.3 is 0 Å². The maximum Gasteiger partial charge on any atom is 0.125 e. The molecule has 2 aliphatic rings. The molecule has 0 aromatic heterocycles. The highest BCUT2D eigenvalue weighted by Gasteiger charge is 2.30. The van der Waals surface area contributed by atoms with E-state index in [9.17, 15) is 0 Å². The maximum absolute atomic E-state index is 5.44. The molecule has 1 aliphatic carbocycles. The molecule has 2 rings (SSSR count). The zero-order valence-electron chi connectivity index (χ0n) is 12.4. The van der Waals surface area contributed by atoms with Crippen molar-refractivity contribution >= 4 is 6.21 Å². The summed E-state index contributed by atoms with van der Waals surface area (Å²) in [5.74, 6) is 0.996. The number of fused-ring (bicyclic) bond motifs is 1. The van der Waals surface area contributed by atoms with Crippen LogP contribution in [0.3, 0.4) is 0 Å². The quantitative estimate of drug-likeness (QED) is 0.734. The van der Waals surface area contributed by atoms with Gasteiger partial charge in [0.05, 0.1) is 13.2 Å². The van der Waals surface area contributed by atoms with Crippen molar-refractivity contribution in [3.05, 3.63) is 23.5 Å². The topological polar surface area (TPSA) is 24.8 Å². The lowest BCUT2D eigenvalue weighted by Crippen LogP contribution is -2.41. The minimum Gasteiger partial charge on any atom is -0.496 e. The van der Waals surface area contributed by atoms with Crippen LogP contribution < -0.4 is 0 Å². The lowest BCUT2D eigenvalue weighted by molar-refractivity contribution is 0.175. The zero-order valence-corrected chi connectivity index (χ0v) is 12.4. The summed E-state index contributed by atoms with van der Waals surface area (Å²) in [6, 6.07) is 0.942. The fourth-order valence-electron chi connectivity index (χ4n) is 3.13. The van der Waals surface area contributed by atoms with E-state index >= 15 is 0 Å². The van der Waals surface area contributed by atoms with E-state index in [-0.39, 0.29) is 0 Å². The van der Waals surface area contributed by atoms with Gasteiger partial charge in [-0.1, -0.05) is 19.9 Å². The van der Waals surface area contributed by atoms with Crippen molar-refractivity contribution in [3.8, 4) is 0 Å². The van der Waals surface area contributed by atoms with E-state index in [1.165, 1.54) is 31.5 Å². The van der Waals surface area contributed by atoms with Crippen LogP contribution in [0.5, 0.6) is 0 Å². The first-order valence-electron chi connectivity index (χ1n) is 7.52. The molecule has 3 heteroatoms. The molecule has 0 fully saturated rings. The van der Waals surface area contributed by atoms with Crippen LogP contribution in [0.25, 0.3) is 0 Å². The highest BCUT2D eigenvalue weighted by molar-refractivity contribution is 5.76. The van der Waals surface area contributed by atoms with E-state index in [4.69, 9.17) is 4.74 Å².